The van der Waals surface area contributed by atoms with Crippen molar-refractivity contribution < 1.29 is 23.5 Å². The van der Waals surface area contributed by atoms with Gasteiger partial charge in [-0.25, -0.2) is 4.98 Å². The molecule has 0 atom stereocenters. The molecule has 1 fully saturated rings. The number of amides is 2. The molecule has 8 heteroatoms. The maximum absolute atomic E-state index is 12.5. The molecule has 2 aliphatic rings. The molecule has 2 aromatic rings. The van der Waals surface area contributed by atoms with Crippen molar-refractivity contribution in [3.63, 3.8) is 0 Å². The lowest BCUT2D eigenvalue weighted by Gasteiger charge is -2.40. The highest BCUT2D eigenvalue weighted by Gasteiger charge is 2.46. The van der Waals surface area contributed by atoms with E-state index in [1.807, 2.05) is 21.9 Å². The number of fused-ring (bicyclic) bond motifs is 2. The van der Waals surface area contributed by atoms with E-state index in [0.29, 0.717) is 25.5 Å². The van der Waals surface area contributed by atoms with Gasteiger partial charge in [-0.3, -0.25) is 14.4 Å². The Balaban J connectivity index is 1.55. The summed E-state index contributed by atoms with van der Waals surface area (Å²) in [7, 11) is 1.32. The number of oxazole rings is 1. The topological polar surface area (TPSA) is 93.0 Å². The monoisotopic (exact) mass is 411 g/mol. The second-order valence-electron chi connectivity index (χ2n) is 7.91. The summed E-state index contributed by atoms with van der Waals surface area (Å²) in [4.78, 5) is 44.0. The Morgan fingerprint density at radius 1 is 1.20 bits per heavy atom. The lowest BCUT2D eigenvalue weighted by molar-refractivity contribution is -0.144. The third-order valence-corrected chi connectivity index (χ3v) is 6.22. The molecule has 0 bridgehead atoms. The van der Waals surface area contributed by atoms with Crippen LogP contribution in [0.25, 0.3) is 11.5 Å². The van der Waals surface area contributed by atoms with E-state index >= 15 is 0 Å². The van der Waals surface area contributed by atoms with E-state index in [1.165, 1.54) is 7.11 Å². The summed E-state index contributed by atoms with van der Waals surface area (Å²) in [6.07, 6.45) is 4.91. The van der Waals surface area contributed by atoms with Crippen LogP contribution in [-0.2, 0) is 24.5 Å². The van der Waals surface area contributed by atoms with Gasteiger partial charge in [-0.05, 0) is 36.6 Å². The first-order chi connectivity index (χ1) is 14.4. The number of carbonyl (C=O) groups excluding carboxylic acids is 3. The van der Waals surface area contributed by atoms with Gasteiger partial charge in [-0.1, -0.05) is 0 Å². The molecule has 0 N–H and O–H groups in total. The second kappa shape index (κ2) is 7.93. The minimum Gasteiger partial charge on any atom is -0.469 e. The molecule has 1 aromatic carbocycles. The molecule has 30 heavy (non-hydrogen) atoms. The normalized spacial score (nSPS) is 17.1. The largest absolute Gasteiger partial charge is 0.469 e. The maximum Gasteiger partial charge on any atom is 0.306 e. The Labute approximate surface area is 174 Å². The van der Waals surface area contributed by atoms with Gasteiger partial charge in [0, 0.05) is 49.6 Å². The summed E-state index contributed by atoms with van der Waals surface area (Å²) in [6, 6.07) is 5.95. The average molecular weight is 411 g/mol. The number of methoxy groups -OCH3 is 1. The van der Waals surface area contributed by atoms with Crippen LogP contribution in [0.1, 0.15) is 38.2 Å². The molecule has 8 nitrogen and oxygen atoms in total. The summed E-state index contributed by atoms with van der Waals surface area (Å²) in [5.41, 5.74) is 2.70. The van der Waals surface area contributed by atoms with Crippen LogP contribution in [0.15, 0.2) is 35.1 Å². The highest BCUT2D eigenvalue weighted by atomic mass is 16.5. The van der Waals surface area contributed by atoms with Crippen LogP contribution >= 0.6 is 0 Å². The fraction of sp³-hybridized carbons (Fsp3) is 0.455. The fourth-order valence-electron chi connectivity index (χ4n) is 4.53. The Morgan fingerprint density at radius 3 is 2.60 bits per heavy atom. The van der Waals surface area contributed by atoms with Gasteiger partial charge < -0.3 is 19.0 Å². The molecule has 0 aliphatic carbocycles. The van der Waals surface area contributed by atoms with Crippen molar-refractivity contribution in [3.8, 4) is 11.5 Å². The number of hydrogen-bond donors (Lipinski definition) is 0. The van der Waals surface area contributed by atoms with Crippen LogP contribution in [0.4, 0.5) is 5.69 Å². The number of rotatable bonds is 4. The lowest BCUT2D eigenvalue weighted by Crippen LogP contribution is -2.47. The van der Waals surface area contributed by atoms with E-state index in [4.69, 9.17) is 4.42 Å². The van der Waals surface area contributed by atoms with Crippen molar-refractivity contribution in [1.82, 2.24) is 9.88 Å². The van der Waals surface area contributed by atoms with Crippen molar-refractivity contribution in [3.05, 3.63) is 36.2 Å². The van der Waals surface area contributed by atoms with Gasteiger partial charge in [0.1, 0.15) is 6.26 Å². The Kier molecular flexibility index (Phi) is 5.32. The van der Waals surface area contributed by atoms with Crippen molar-refractivity contribution in [2.24, 2.45) is 0 Å². The molecule has 2 aliphatic heterocycles. The first kappa shape index (κ1) is 20.1. The van der Waals surface area contributed by atoms with Crippen LogP contribution in [0.5, 0.6) is 0 Å². The average Bonchev–Trinajstić information content (AvgIpc) is 3.39. The Hall–Kier alpha value is -3.16. The molecule has 0 unspecified atom stereocenters. The number of aromatic nitrogens is 1. The SMILES string of the molecule is COC(=O)CCC(=O)N1CCC2(CC1)CN(C(C)=O)c1ccc(-c3ncco3)cc12. The number of hydrogen-bond acceptors (Lipinski definition) is 6. The van der Waals surface area contributed by atoms with E-state index in [-0.39, 0.29) is 36.0 Å². The first-order valence-corrected chi connectivity index (χ1v) is 10.1. The molecular weight excluding hydrogens is 386 g/mol. The maximum atomic E-state index is 12.5. The molecule has 4 rings (SSSR count). The first-order valence-electron chi connectivity index (χ1n) is 10.1. The number of nitrogens with zero attached hydrogens (tertiary/aromatic N) is 3. The highest BCUT2D eigenvalue weighted by molar-refractivity contribution is 5.95. The lowest BCUT2D eigenvalue weighted by atomic mass is 9.74. The number of esters is 1. The molecule has 1 spiro atoms. The fourth-order valence-corrected chi connectivity index (χ4v) is 4.53. The van der Waals surface area contributed by atoms with E-state index in [0.717, 1.165) is 29.7 Å². The number of anilines is 1. The van der Waals surface area contributed by atoms with Crippen LogP contribution in [0, 0.1) is 0 Å². The Bertz CT molecular complexity index is 961. The van der Waals surface area contributed by atoms with E-state index in [9.17, 15) is 14.4 Å². The predicted octanol–water partition coefficient (Wildman–Crippen LogP) is 2.52. The van der Waals surface area contributed by atoms with Crippen LogP contribution < -0.4 is 4.90 Å². The van der Waals surface area contributed by atoms with Crippen molar-refractivity contribution in [1.29, 1.82) is 0 Å². The number of likely N-dealkylation sites (tertiary alicyclic amines) is 1. The van der Waals surface area contributed by atoms with Gasteiger partial charge in [-0.2, -0.15) is 0 Å². The molecule has 0 saturated carbocycles. The molecular formula is C22H25N3O5. The van der Waals surface area contributed by atoms with E-state index in [1.54, 1.807) is 19.4 Å². The van der Waals surface area contributed by atoms with Crippen molar-refractivity contribution >= 4 is 23.5 Å². The minimum atomic E-state index is -0.377. The molecule has 3 heterocycles. The zero-order valence-electron chi connectivity index (χ0n) is 17.2. The van der Waals surface area contributed by atoms with Crippen LogP contribution in [0.3, 0.4) is 0 Å². The quantitative estimate of drug-likeness (QED) is 0.718. The predicted molar refractivity (Wildman–Crippen MR) is 109 cm³/mol. The van der Waals surface area contributed by atoms with Gasteiger partial charge in [0.2, 0.25) is 17.7 Å². The number of benzene rings is 1. The van der Waals surface area contributed by atoms with Gasteiger partial charge >= 0.3 is 5.97 Å². The summed E-state index contributed by atoms with van der Waals surface area (Å²) in [6.45, 7) is 3.37. The van der Waals surface area contributed by atoms with Gasteiger partial charge in [0.15, 0.2) is 0 Å². The number of ether oxygens (including phenoxy) is 1. The Morgan fingerprint density at radius 2 is 1.97 bits per heavy atom. The van der Waals surface area contributed by atoms with Crippen LogP contribution in [0.2, 0.25) is 0 Å². The zero-order chi connectivity index (χ0) is 21.3. The molecule has 0 radical (unpaired) electrons. The zero-order valence-corrected chi connectivity index (χ0v) is 17.2. The van der Waals surface area contributed by atoms with Gasteiger partial charge in [0.05, 0.1) is 19.7 Å². The second-order valence-corrected chi connectivity index (χ2v) is 7.91. The molecule has 2 amide bonds. The molecule has 158 valence electrons. The third kappa shape index (κ3) is 3.58. The third-order valence-electron chi connectivity index (χ3n) is 6.22. The summed E-state index contributed by atoms with van der Waals surface area (Å²) < 4.78 is 10.1. The molecule has 1 aromatic heterocycles. The van der Waals surface area contributed by atoms with Crippen molar-refractivity contribution in [2.75, 3.05) is 31.6 Å². The number of piperidine rings is 1. The number of carbonyl (C=O) groups is 3. The summed E-state index contributed by atoms with van der Waals surface area (Å²) >= 11 is 0. The standard InChI is InChI=1S/C22H25N3O5/c1-15(26)25-14-22(7-10-24(11-8-22)19(27)5-6-20(28)29-2)17-13-16(3-4-18(17)25)21-23-9-12-30-21/h3-4,9,12-13H,5-8,10-11,14H2,1-2H3. The van der Waals surface area contributed by atoms with Gasteiger partial charge in [-0.15, -0.1) is 0 Å². The van der Waals surface area contributed by atoms with E-state index < -0.39 is 0 Å². The smallest absolute Gasteiger partial charge is 0.306 e. The minimum absolute atomic E-state index is 0.00795. The van der Waals surface area contributed by atoms with Crippen molar-refractivity contribution in [2.45, 2.75) is 38.0 Å². The van der Waals surface area contributed by atoms with Gasteiger partial charge in [0.25, 0.3) is 0 Å². The summed E-state index contributed by atoms with van der Waals surface area (Å²) in [5, 5.41) is 0. The highest BCUT2D eigenvalue weighted by Crippen LogP contribution is 2.48. The van der Waals surface area contributed by atoms with Crippen LogP contribution in [-0.4, -0.2) is 54.4 Å². The summed E-state index contributed by atoms with van der Waals surface area (Å²) in [5.74, 6) is 0.140. The van der Waals surface area contributed by atoms with E-state index in [2.05, 4.69) is 15.8 Å². The molecule has 1 saturated heterocycles.